The third-order valence-electron chi connectivity index (χ3n) is 6.37. The first-order valence-electron chi connectivity index (χ1n) is 8.79. The number of nitrogens with zero attached hydrogens (tertiary/aromatic N) is 1. The Morgan fingerprint density at radius 1 is 1.33 bits per heavy atom. The number of aromatic nitrogens is 1. The third-order valence-corrected chi connectivity index (χ3v) is 7.47. The van der Waals surface area contributed by atoms with Crippen LogP contribution in [0.3, 0.4) is 0 Å². The van der Waals surface area contributed by atoms with Crippen LogP contribution in [0.2, 0.25) is 0 Å². The number of rotatable bonds is 4. The minimum Gasteiger partial charge on any atom is -0.390 e. The monoisotopic (exact) mass is 348 g/mol. The van der Waals surface area contributed by atoms with Crippen molar-refractivity contribution in [1.82, 2.24) is 10.3 Å². The number of aliphatic hydroxyl groups is 1. The predicted octanol–water partition coefficient (Wildman–Crippen LogP) is 2.80. The number of carbonyl (C=O) groups excluding carboxylic acids is 2. The van der Waals surface area contributed by atoms with Gasteiger partial charge >= 0.3 is 0 Å². The van der Waals surface area contributed by atoms with E-state index in [4.69, 9.17) is 0 Å². The standard InChI is InChI=1S/C18H24N2O3S/c1-10(21)16-19-8-14(24-16)15(22)20-11(2)17-4-12-3-13(5-17)7-18(23,6-12)9-17/h8,11-13,23H,3-7,9H2,1-2H3,(H,20,22). The van der Waals surface area contributed by atoms with Gasteiger partial charge < -0.3 is 10.4 Å². The molecule has 1 aromatic rings. The molecule has 4 saturated carbocycles. The van der Waals surface area contributed by atoms with E-state index < -0.39 is 5.60 Å². The first-order chi connectivity index (χ1) is 11.3. The lowest BCUT2D eigenvalue weighted by molar-refractivity contribution is -0.171. The number of ketones is 1. The summed E-state index contributed by atoms with van der Waals surface area (Å²) in [7, 11) is 0. The number of hydrogen-bond donors (Lipinski definition) is 2. The lowest BCUT2D eigenvalue weighted by atomic mass is 9.46. The molecule has 5 rings (SSSR count). The van der Waals surface area contributed by atoms with Crippen molar-refractivity contribution in [2.24, 2.45) is 17.3 Å². The lowest BCUT2D eigenvalue weighted by Gasteiger charge is -2.62. The van der Waals surface area contributed by atoms with Crippen LogP contribution in [0.5, 0.6) is 0 Å². The van der Waals surface area contributed by atoms with Crippen molar-refractivity contribution in [3.63, 3.8) is 0 Å². The van der Waals surface area contributed by atoms with E-state index in [0.29, 0.717) is 21.7 Å². The molecule has 1 heterocycles. The van der Waals surface area contributed by atoms with Crippen LogP contribution in [0.1, 0.15) is 71.8 Å². The van der Waals surface area contributed by atoms with E-state index in [-0.39, 0.29) is 23.1 Å². The van der Waals surface area contributed by atoms with Gasteiger partial charge in [-0.1, -0.05) is 0 Å². The summed E-state index contributed by atoms with van der Waals surface area (Å²) in [6.07, 6.45) is 7.60. The Labute approximate surface area is 145 Å². The molecule has 0 aromatic carbocycles. The zero-order chi connectivity index (χ0) is 17.1. The summed E-state index contributed by atoms with van der Waals surface area (Å²) in [5.74, 6) is 0.928. The molecule has 3 unspecified atom stereocenters. The van der Waals surface area contributed by atoms with Crippen molar-refractivity contribution in [3.8, 4) is 0 Å². The zero-order valence-electron chi connectivity index (χ0n) is 14.2. The van der Waals surface area contributed by atoms with Crippen LogP contribution < -0.4 is 5.32 Å². The van der Waals surface area contributed by atoms with Crippen LogP contribution >= 0.6 is 11.3 Å². The Bertz CT molecular complexity index is 684. The van der Waals surface area contributed by atoms with Gasteiger partial charge in [-0.2, -0.15) is 0 Å². The summed E-state index contributed by atoms with van der Waals surface area (Å²) in [6, 6.07) is 0.0188. The van der Waals surface area contributed by atoms with Crippen LogP contribution in [0.25, 0.3) is 0 Å². The van der Waals surface area contributed by atoms with Gasteiger partial charge in [-0.25, -0.2) is 4.98 Å². The van der Waals surface area contributed by atoms with E-state index in [0.717, 1.165) is 43.4 Å². The molecule has 0 spiro atoms. The van der Waals surface area contributed by atoms with Gasteiger partial charge in [0.15, 0.2) is 10.8 Å². The largest absolute Gasteiger partial charge is 0.390 e. The molecule has 3 atom stereocenters. The topological polar surface area (TPSA) is 79.3 Å². The molecule has 130 valence electrons. The highest BCUT2D eigenvalue weighted by atomic mass is 32.1. The molecule has 4 aliphatic rings. The molecule has 1 aromatic heterocycles. The Balaban J connectivity index is 1.50. The summed E-state index contributed by atoms with van der Waals surface area (Å²) in [5.41, 5.74) is -0.502. The summed E-state index contributed by atoms with van der Waals surface area (Å²) >= 11 is 1.15. The maximum Gasteiger partial charge on any atom is 0.263 e. The van der Waals surface area contributed by atoms with E-state index in [1.807, 2.05) is 0 Å². The molecule has 1 amide bonds. The zero-order valence-corrected chi connectivity index (χ0v) is 15.0. The molecule has 0 aliphatic heterocycles. The molecule has 4 aliphatic carbocycles. The van der Waals surface area contributed by atoms with Crippen molar-refractivity contribution < 1.29 is 14.7 Å². The van der Waals surface area contributed by atoms with Gasteiger partial charge in [-0.3, -0.25) is 9.59 Å². The maximum atomic E-state index is 12.5. The van der Waals surface area contributed by atoms with Gasteiger partial charge in [0.2, 0.25) is 0 Å². The molecule has 2 N–H and O–H groups in total. The summed E-state index contributed by atoms with van der Waals surface area (Å²) in [5, 5.41) is 14.4. The average molecular weight is 348 g/mol. The molecule has 6 heteroatoms. The highest BCUT2D eigenvalue weighted by molar-refractivity contribution is 7.15. The number of thiazole rings is 1. The van der Waals surface area contributed by atoms with Crippen LogP contribution in [-0.4, -0.2) is 33.4 Å². The second-order valence-corrected chi connectivity index (χ2v) is 9.36. The molecule has 0 saturated heterocycles. The van der Waals surface area contributed by atoms with E-state index in [9.17, 15) is 14.7 Å². The first kappa shape index (κ1) is 16.2. The number of carbonyl (C=O) groups is 2. The van der Waals surface area contributed by atoms with Crippen LogP contribution in [-0.2, 0) is 0 Å². The molecular formula is C18H24N2O3S. The molecule has 5 nitrogen and oxygen atoms in total. The first-order valence-corrected chi connectivity index (χ1v) is 9.60. The highest BCUT2D eigenvalue weighted by Crippen LogP contribution is 2.62. The molecular weight excluding hydrogens is 324 g/mol. The van der Waals surface area contributed by atoms with E-state index in [2.05, 4.69) is 17.2 Å². The summed E-state index contributed by atoms with van der Waals surface area (Å²) in [4.78, 5) is 28.4. The third kappa shape index (κ3) is 2.60. The van der Waals surface area contributed by atoms with Crippen LogP contribution in [0.15, 0.2) is 6.20 Å². The quantitative estimate of drug-likeness (QED) is 0.820. The fraction of sp³-hybridized carbons (Fsp3) is 0.722. The lowest BCUT2D eigenvalue weighted by Crippen LogP contribution is -2.61. The second kappa shape index (κ2) is 5.36. The normalized spacial score (nSPS) is 38.1. The van der Waals surface area contributed by atoms with Crippen molar-refractivity contribution in [2.75, 3.05) is 0 Å². The van der Waals surface area contributed by atoms with Gasteiger partial charge in [0.1, 0.15) is 4.88 Å². The predicted molar refractivity (Wildman–Crippen MR) is 91.1 cm³/mol. The minimum absolute atomic E-state index is 0.0165. The Kier molecular flexibility index (Phi) is 3.62. The van der Waals surface area contributed by atoms with E-state index in [1.165, 1.54) is 19.5 Å². The number of nitrogens with one attached hydrogen (secondary N) is 1. The molecule has 24 heavy (non-hydrogen) atoms. The van der Waals surface area contributed by atoms with Gasteiger partial charge in [0.05, 0.1) is 11.8 Å². The summed E-state index contributed by atoms with van der Waals surface area (Å²) in [6.45, 7) is 3.53. The molecule has 4 fully saturated rings. The fourth-order valence-corrected chi connectivity index (χ4v) is 6.47. The highest BCUT2D eigenvalue weighted by Gasteiger charge is 2.59. The average Bonchev–Trinajstić information content (AvgIpc) is 2.94. The maximum absolute atomic E-state index is 12.5. The Morgan fingerprint density at radius 2 is 2.00 bits per heavy atom. The number of Topliss-reactive ketones (excluding diaryl/α,β-unsaturated/α-hetero) is 1. The molecule has 0 radical (unpaired) electrons. The Morgan fingerprint density at radius 3 is 2.54 bits per heavy atom. The summed E-state index contributed by atoms with van der Waals surface area (Å²) < 4.78 is 0. The van der Waals surface area contributed by atoms with Crippen molar-refractivity contribution in [2.45, 2.75) is 64.0 Å². The molecule has 4 bridgehead atoms. The number of amides is 1. The van der Waals surface area contributed by atoms with Crippen molar-refractivity contribution in [1.29, 1.82) is 0 Å². The smallest absolute Gasteiger partial charge is 0.263 e. The fourth-order valence-electron chi connectivity index (χ4n) is 5.75. The minimum atomic E-state index is -0.518. The number of hydrogen-bond acceptors (Lipinski definition) is 5. The second-order valence-electron chi connectivity index (χ2n) is 8.33. The Hall–Kier alpha value is -1.27. The van der Waals surface area contributed by atoms with E-state index in [1.54, 1.807) is 0 Å². The van der Waals surface area contributed by atoms with E-state index >= 15 is 0 Å². The SMILES string of the molecule is CC(=O)c1ncc(C(=O)NC(C)C23CC4CC(CC(O)(C4)C2)C3)s1. The van der Waals surface area contributed by atoms with Crippen molar-refractivity contribution in [3.05, 3.63) is 16.1 Å². The van der Waals surface area contributed by atoms with Gasteiger partial charge in [0, 0.05) is 13.0 Å². The van der Waals surface area contributed by atoms with Gasteiger partial charge in [0.25, 0.3) is 5.91 Å². The van der Waals surface area contributed by atoms with Crippen LogP contribution in [0.4, 0.5) is 0 Å². The van der Waals surface area contributed by atoms with Gasteiger partial charge in [-0.15, -0.1) is 11.3 Å². The van der Waals surface area contributed by atoms with Gasteiger partial charge in [-0.05, 0) is 62.7 Å². The van der Waals surface area contributed by atoms with Crippen LogP contribution in [0, 0.1) is 17.3 Å². The van der Waals surface area contributed by atoms with Crippen molar-refractivity contribution >= 4 is 23.0 Å².